The molecule has 0 aliphatic heterocycles. The van der Waals surface area contributed by atoms with Gasteiger partial charge in [0.2, 0.25) is 0 Å². The zero-order valence-corrected chi connectivity index (χ0v) is 11.1. The summed E-state index contributed by atoms with van der Waals surface area (Å²) in [5, 5.41) is 0. The largest absolute Gasteiger partial charge is 0.289 e. The highest BCUT2D eigenvalue weighted by Gasteiger charge is 2.15. The fourth-order valence-corrected chi connectivity index (χ4v) is 2.94. The number of allylic oxidation sites excluding steroid dienone is 3. The monoisotopic (exact) mass is 244 g/mol. The maximum absolute atomic E-state index is 12.2. The summed E-state index contributed by atoms with van der Waals surface area (Å²) >= 11 is 1.69. The van der Waals surface area contributed by atoms with Crippen LogP contribution in [0.4, 0.5) is 0 Å². The lowest BCUT2D eigenvalue weighted by atomic mass is 9.99. The summed E-state index contributed by atoms with van der Waals surface area (Å²) in [7, 11) is 0. The van der Waals surface area contributed by atoms with Gasteiger partial charge in [-0.2, -0.15) is 0 Å². The van der Waals surface area contributed by atoms with Crippen LogP contribution < -0.4 is 5.43 Å². The van der Waals surface area contributed by atoms with Crippen LogP contribution in [0.1, 0.15) is 34.2 Å². The molecule has 0 saturated carbocycles. The van der Waals surface area contributed by atoms with Crippen molar-refractivity contribution in [1.29, 1.82) is 0 Å². The molecule has 1 aliphatic carbocycles. The Bertz CT molecular complexity index is 573. The second-order valence-electron chi connectivity index (χ2n) is 4.24. The lowest BCUT2D eigenvalue weighted by molar-refractivity contribution is 1.15. The number of hydrogen-bond acceptors (Lipinski definition) is 2. The molecule has 0 radical (unpaired) electrons. The molecule has 1 aromatic heterocycles. The van der Waals surface area contributed by atoms with Gasteiger partial charge in [0.15, 0.2) is 5.43 Å². The van der Waals surface area contributed by atoms with E-state index >= 15 is 0 Å². The van der Waals surface area contributed by atoms with E-state index in [0.29, 0.717) is 6.42 Å². The molecule has 0 fully saturated rings. The lowest BCUT2D eigenvalue weighted by Crippen LogP contribution is -2.16. The minimum absolute atomic E-state index is 0.181. The normalized spacial score (nSPS) is 14.4. The van der Waals surface area contributed by atoms with Gasteiger partial charge in [0.1, 0.15) is 0 Å². The van der Waals surface area contributed by atoms with Crippen LogP contribution in [0.25, 0.3) is 12.2 Å². The molecule has 0 atom stereocenters. The Morgan fingerprint density at radius 3 is 2.94 bits per heavy atom. The van der Waals surface area contributed by atoms with Crippen molar-refractivity contribution < 1.29 is 0 Å². The molecule has 0 amide bonds. The highest BCUT2D eigenvalue weighted by molar-refractivity contribution is 7.13. The van der Waals surface area contributed by atoms with Gasteiger partial charge in [0, 0.05) is 27.3 Å². The second kappa shape index (κ2) is 4.84. The first-order valence-electron chi connectivity index (χ1n) is 5.82. The molecular formula is C15H16OS. The van der Waals surface area contributed by atoms with Crippen LogP contribution in [0.5, 0.6) is 0 Å². The summed E-state index contributed by atoms with van der Waals surface area (Å²) in [5.74, 6) is 0. The van der Waals surface area contributed by atoms with E-state index in [4.69, 9.17) is 0 Å². The molecular weight excluding hydrogens is 228 g/mol. The van der Waals surface area contributed by atoms with Gasteiger partial charge in [-0.3, -0.25) is 4.79 Å². The molecule has 0 aromatic carbocycles. The van der Waals surface area contributed by atoms with Crippen molar-refractivity contribution in [3.8, 4) is 0 Å². The quantitative estimate of drug-likeness (QED) is 0.769. The second-order valence-corrected chi connectivity index (χ2v) is 5.33. The molecule has 0 N–H and O–H groups in total. The van der Waals surface area contributed by atoms with E-state index in [2.05, 4.69) is 25.7 Å². The Balaban J connectivity index is 2.60. The van der Waals surface area contributed by atoms with Crippen LogP contribution in [0.15, 0.2) is 29.1 Å². The fourth-order valence-electron chi connectivity index (χ4n) is 1.87. The van der Waals surface area contributed by atoms with E-state index in [0.717, 1.165) is 32.9 Å². The van der Waals surface area contributed by atoms with Crippen molar-refractivity contribution in [3.63, 3.8) is 0 Å². The summed E-state index contributed by atoms with van der Waals surface area (Å²) in [6.45, 7) is 7.93. The van der Waals surface area contributed by atoms with Crippen molar-refractivity contribution in [3.05, 3.63) is 55.4 Å². The maximum Gasteiger partial charge on any atom is 0.187 e. The van der Waals surface area contributed by atoms with Crippen molar-refractivity contribution in [1.82, 2.24) is 0 Å². The van der Waals surface area contributed by atoms with Crippen LogP contribution in [0.3, 0.4) is 0 Å². The van der Waals surface area contributed by atoms with Crippen LogP contribution in [-0.4, -0.2) is 0 Å². The number of fused-ring (bicyclic) bond motifs is 1. The summed E-state index contributed by atoms with van der Waals surface area (Å²) in [6.07, 6.45) is 9.84. The summed E-state index contributed by atoms with van der Waals surface area (Å²) in [6, 6.07) is 0. The van der Waals surface area contributed by atoms with Crippen molar-refractivity contribution >= 4 is 23.5 Å². The molecule has 0 bridgehead atoms. The maximum atomic E-state index is 12.2. The highest BCUT2D eigenvalue weighted by Crippen LogP contribution is 2.27. The molecule has 88 valence electrons. The first kappa shape index (κ1) is 12.1. The van der Waals surface area contributed by atoms with Crippen LogP contribution >= 0.6 is 11.3 Å². The molecule has 17 heavy (non-hydrogen) atoms. The molecule has 1 heterocycles. The Morgan fingerprint density at radius 2 is 2.24 bits per heavy atom. The smallest absolute Gasteiger partial charge is 0.187 e. The third-order valence-corrected chi connectivity index (χ3v) is 4.15. The van der Waals surface area contributed by atoms with Gasteiger partial charge in [-0.05, 0) is 25.5 Å². The van der Waals surface area contributed by atoms with E-state index in [1.165, 1.54) is 0 Å². The van der Waals surface area contributed by atoms with Gasteiger partial charge in [-0.15, -0.1) is 11.3 Å². The fraction of sp³-hybridized carbons (Fsp3) is 0.267. The SMILES string of the molecule is C=C1C=Cc2sc(/C=C\CC)c(C)c(=O)c2C1. The molecule has 0 unspecified atom stereocenters. The van der Waals surface area contributed by atoms with E-state index in [-0.39, 0.29) is 5.43 Å². The van der Waals surface area contributed by atoms with Gasteiger partial charge in [-0.25, -0.2) is 0 Å². The average Bonchev–Trinajstić information content (AvgIpc) is 2.33. The molecule has 0 saturated heterocycles. The molecule has 1 aromatic rings. The zero-order chi connectivity index (χ0) is 12.4. The Morgan fingerprint density at radius 1 is 1.47 bits per heavy atom. The van der Waals surface area contributed by atoms with E-state index in [1.54, 1.807) is 11.3 Å². The summed E-state index contributed by atoms with van der Waals surface area (Å²) < 4.78 is 0. The topological polar surface area (TPSA) is 17.1 Å². The Hall–Kier alpha value is -1.41. The highest BCUT2D eigenvalue weighted by atomic mass is 32.1. The van der Waals surface area contributed by atoms with E-state index < -0.39 is 0 Å². The van der Waals surface area contributed by atoms with Crippen molar-refractivity contribution in [2.24, 2.45) is 0 Å². The molecule has 1 nitrogen and oxygen atoms in total. The predicted molar refractivity (Wildman–Crippen MR) is 76.5 cm³/mol. The first-order valence-corrected chi connectivity index (χ1v) is 6.64. The Labute approximate surface area is 106 Å². The van der Waals surface area contributed by atoms with Gasteiger partial charge in [0.05, 0.1) is 0 Å². The minimum atomic E-state index is 0.181. The van der Waals surface area contributed by atoms with Gasteiger partial charge >= 0.3 is 0 Å². The molecule has 1 aliphatic rings. The number of rotatable bonds is 2. The van der Waals surface area contributed by atoms with Crippen LogP contribution in [0, 0.1) is 6.92 Å². The summed E-state index contributed by atoms with van der Waals surface area (Å²) in [4.78, 5) is 14.4. The standard InChI is InChI=1S/C15H16OS/c1-4-5-6-13-11(3)15(16)12-9-10(2)7-8-14(12)17-13/h5-8H,2,4,9H2,1,3H3/b6-5-. The predicted octanol–water partition coefficient (Wildman–Crippen LogP) is 3.97. The third-order valence-electron chi connectivity index (χ3n) is 2.88. The first-order chi connectivity index (χ1) is 8.13. The zero-order valence-electron chi connectivity index (χ0n) is 10.2. The Kier molecular flexibility index (Phi) is 3.43. The van der Waals surface area contributed by atoms with Crippen molar-refractivity contribution in [2.45, 2.75) is 26.7 Å². The van der Waals surface area contributed by atoms with Crippen LogP contribution in [-0.2, 0) is 6.42 Å². The van der Waals surface area contributed by atoms with Crippen LogP contribution in [0.2, 0.25) is 0 Å². The molecule has 0 spiro atoms. The number of hydrogen-bond donors (Lipinski definition) is 0. The lowest BCUT2D eigenvalue weighted by Gasteiger charge is -2.12. The van der Waals surface area contributed by atoms with E-state index in [9.17, 15) is 4.79 Å². The molecule has 2 rings (SSSR count). The van der Waals surface area contributed by atoms with Gasteiger partial charge < -0.3 is 0 Å². The average molecular weight is 244 g/mol. The van der Waals surface area contributed by atoms with Crippen molar-refractivity contribution in [2.75, 3.05) is 0 Å². The van der Waals surface area contributed by atoms with E-state index in [1.807, 2.05) is 19.1 Å². The summed E-state index contributed by atoms with van der Waals surface area (Å²) in [5.41, 5.74) is 2.97. The van der Waals surface area contributed by atoms with Gasteiger partial charge in [-0.1, -0.05) is 31.2 Å². The van der Waals surface area contributed by atoms with Gasteiger partial charge in [0.25, 0.3) is 0 Å². The third kappa shape index (κ3) is 2.32. The minimum Gasteiger partial charge on any atom is -0.289 e. The molecule has 2 heteroatoms.